The number of carbonyl (C=O) groups is 1. The van der Waals surface area contributed by atoms with Crippen LogP contribution in [0.15, 0.2) is 90.1 Å². The summed E-state index contributed by atoms with van der Waals surface area (Å²) < 4.78 is 31.4. The molecule has 8 heteroatoms. The summed E-state index contributed by atoms with van der Waals surface area (Å²) in [5.74, 6) is 0.989. The minimum Gasteiger partial charge on any atom is -0.337 e. The number of hydrogen-bond acceptors (Lipinski definition) is 4. The molecule has 1 amide bonds. The number of anilines is 1. The summed E-state index contributed by atoms with van der Waals surface area (Å²) in [6, 6.07) is 22.8. The largest absolute Gasteiger partial charge is 0.337 e. The Morgan fingerprint density at radius 1 is 1.07 bits per heavy atom. The molecular formula is C32H34N4O3S. The number of benzene rings is 3. The Balaban J connectivity index is 1.31. The highest BCUT2D eigenvalue weighted by atomic mass is 32.2. The van der Waals surface area contributed by atoms with Crippen LogP contribution in [0.2, 0.25) is 0 Å². The molecule has 1 heterocycles. The molecule has 2 aliphatic carbocycles. The number of nitrogens with zero attached hydrogens (tertiary/aromatic N) is 3. The molecule has 3 aromatic carbocycles. The number of rotatable bonds is 8. The molecule has 3 unspecified atom stereocenters. The third kappa shape index (κ3) is 5.33. The standard InChI is InChI=1S/C32H34N4O3S/c1-22-11-15-26(16-12-22)40(38,39)34-30-10-6-9-24-13-14-25(19-28(24)30)36(21-31-33-17-18-35(31)2)32(37)29-20-27(29)23-7-4-3-5-8-23/h3-5,7-8,11-19,27,29-30,34H,6,9-10,20-21H2,1-2H3. The van der Waals surface area contributed by atoms with Crippen LogP contribution in [-0.2, 0) is 34.8 Å². The van der Waals surface area contributed by atoms with Crippen molar-refractivity contribution in [3.05, 3.63) is 113 Å². The second-order valence-corrected chi connectivity index (χ2v) is 12.7. The van der Waals surface area contributed by atoms with E-state index in [9.17, 15) is 13.2 Å². The summed E-state index contributed by atoms with van der Waals surface area (Å²) >= 11 is 0. The fourth-order valence-corrected chi connectivity index (χ4v) is 7.02. The van der Waals surface area contributed by atoms with Gasteiger partial charge in [0.1, 0.15) is 5.82 Å². The van der Waals surface area contributed by atoms with Gasteiger partial charge in [0.15, 0.2) is 0 Å². The molecule has 7 nitrogen and oxygen atoms in total. The molecule has 0 bridgehead atoms. The predicted molar refractivity (Wildman–Crippen MR) is 155 cm³/mol. The van der Waals surface area contributed by atoms with E-state index < -0.39 is 10.0 Å². The predicted octanol–water partition coefficient (Wildman–Crippen LogP) is 5.42. The van der Waals surface area contributed by atoms with Gasteiger partial charge in [0.05, 0.1) is 11.4 Å². The van der Waals surface area contributed by atoms with Gasteiger partial charge in [0.2, 0.25) is 15.9 Å². The van der Waals surface area contributed by atoms with E-state index in [1.807, 2.05) is 72.1 Å². The third-order valence-corrected chi connectivity index (χ3v) is 9.69. The summed E-state index contributed by atoms with van der Waals surface area (Å²) in [6.07, 6.45) is 6.92. The molecule has 1 fully saturated rings. The van der Waals surface area contributed by atoms with Crippen LogP contribution >= 0.6 is 0 Å². The first kappa shape index (κ1) is 26.5. The van der Waals surface area contributed by atoms with Gasteiger partial charge in [0.25, 0.3) is 0 Å². The Kier molecular flexibility index (Phi) is 7.06. The van der Waals surface area contributed by atoms with Gasteiger partial charge in [-0.2, -0.15) is 0 Å². The Hall–Kier alpha value is -3.75. The number of sulfonamides is 1. The van der Waals surface area contributed by atoms with E-state index >= 15 is 0 Å². The van der Waals surface area contributed by atoms with Crippen molar-refractivity contribution in [2.45, 2.75) is 56.0 Å². The maximum atomic E-state index is 14.0. The van der Waals surface area contributed by atoms with E-state index in [1.165, 1.54) is 5.56 Å². The number of aryl methyl sites for hydroxylation is 3. The van der Waals surface area contributed by atoms with Crippen molar-refractivity contribution >= 4 is 21.6 Å². The van der Waals surface area contributed by atoms with Crippen LogP contribution in [0.3, 0.4) is 0 Å². The first-order valence-corrected chi connectivity index (χ1v) is 15.3. The minimum absolute atomic E-state index is 0.0735. The van der Waals surface area contributed by atoms with Crippen LogP contribution < -0.4 is 9.62 Å². The third-order valence-electron chi connectivity index (χ3n) is 8.21. The van der Waals surface area contributed by atoms with Crippen LogP contribution in [0.4, 0.5) is 5.69 Å². The number of aromatic nitrogens is 2. The van der Waals surface area contributed by atoms with Crippen LogP contribution in [0.25, 0.3) is 0 Å². The van der Waals surface area contributed by atoms with E-state index in [2.05, 4.69) is 27.9 Å². The second kappa shape index (κ2) is 10.7. The van der Waals surface area contributed by atoms with Gasteiger partial charge in [0, 0.05) is 37.1 Å². The normalized spacial score (nSPS) is 20.1. The number of amides is 1. The average Bonchev–Trinajstić information content (AvgIpc) is 3.66. The number of fused-ring (bicyclic) bond motifs is 1. The monoisotopic (exact) mass is 554 g/mol. The molecule has 0 saturated heterocycles. The highest BCUT2D eigenvalue weighted by Gasteiger charge is 2.46. The second-order valence-electron chi connectivity index (χ2n) is 11.0. The highest BCUT2D eigenvalue weighted by molar-refractivity contribution is 7.89. The number of carbonyl (C=O) groups excluding carboxylic acids is 1. The maximum absolute atomic E-state index is 14.0. The minimum atomic E-state index is -3.70. The van der Waals surface area contributed by atoms with Crippen LogP contribution in [0.5, 0.6) is 0 Å². The molecule has 40 heavy (non-hydrogen) atoms. The molecule has 0 radical (unpaired) electrons. The molecule has 0 aliphatic heterocycles. The summed E-state index contributed by atoms with van der Waals surface area (Å²) in [5, 5.41) is 0. The van der Waals surface area contributed by atoms with E-state index in [1.54, 1.807) is 18.3 Å². The summed E-state index contributed by atoms with van der Waals surface area (Å²) in [4.78, 5) is 20.6. The molecule has 1 aromatic heterocycles. The van der Waals surface area contributed by atoms with E-state index in [0.29, 0.717) is 13.0 Å². The van der Waals surface area contributed by atoms with Crippen molar-refractivity contribution in [1.29, 1.82) is 0 Å². The quantitative estimate of drug-likeness (QED) is 0.315. The Bertz CT molecular complexity index is 1630. The summed E-state index contributed by atoms with van der Waals surface area (Å²) in [7, 11) is -1.77. The van der Waals surface area contributed by atoms with Gasteiger partial charge in [-0.1, -0.05) is 54.1 Å². The van der Waals surface area contributed by atoms with Crippen LogP contribution in [-0.4, -0.2) is 23.9 Å². The zero-order chi connectivity index (χ0) is 27.9. The Morgan fingerprint density at radius 2 is 1.85 bits per heavy atom. The van der Waals surface area contributed by atoms with E-state index in [-0.39, 0.29) is 28.7 Å². The van der Waals surface area contributed by atoms with Gasteiger partial charge < -0.3 is 9.47 Å². The maximum Gasteiger partial charge on any atom is 0.241 e. The average molecular weight is 555 g/mol. The molecule has 206 valence electrons. The summed E-state index contributed by atoms with van der Waals surface area (Å²) in [5.41, 5.74) is 5.02. The molecule has 3 atom stereocenters. The fraction of sp³-hybridized carbons (Fsp3) is 0.312. The van der Waals surface area contributed by atoms with Crippen molar-refractivity contribution in [1.82, 2.24) is 14.3 Å². The van der Waals surface area contributed by atoms with Gasteiger partial charge in [-0.15, -0.1) is 0 Å². The Labute approximate surface area is 235 Å². The smallest absolute Gasteiger partial charge is 0.241 e. The van der Waals surface area contributed by atoms with E-state index in [4.69, 9.17) is 0 Å². The van der Waals surface area contributed by atoms with Gasteiger partial charge >= 0.3 is 0 Å². The number of imidazole rings is 1. The topological polar surface area (TPSA) is 84.3 Å². The number of nitrogens with one attached hydrogen (secondary N) is 1. The van der Waals surface area contributed by atoms with Gasteiger partial charge in [-0.3, -0.25) is 4.79 Å². The number of hydrogen-bond donors (Lipinski definition) is 1. The highest BCUT2D eigenvalue weighted by Crippen LogP contribution is 2.49. The summed E-state index contributed by atoms with van der Waals surface area (Å²) in [6.45, 7) is 2.28. The molecule has 6 rings (SSSR count). The SMILES string of the molecule is Cc1ccc(S(=O)(=O)NC2CCCc3ccc(N(Cc4nccn4C)C(=O)C4CC4c4ccccc4)cc32)cc1. The van der Waals surface area contributed by atoms with Crippen LogP contribution in [0.1, 0.15) is 59.3 Å². The van der Waals surface area contributed by atoms with E-state index in [0.717, 1.165) is 47.5 Å². The first-order chi connectivity index (χ1) is 19.3. The van der Waals surface area contributed by atoms with Crippen molar-refractivity contribution in [3.63, 3.8) is 0 Å². The Morgan fingerprint density at radius 3 is 2.58 bits per heavy atom. The molecule has 2 aliphatic rings. The molecule has 0 spiro atoms. The fourth-order valence-electron chi connectivity index (χ4n) is 5.77. The van der Waals surface area contributed by atoms with Crippen molar-refractivity contribution in [3.8, 4) is 0 Å². The van der Waals surface area contributed by atoms with Gasteiger partial charge in [-0.05, 0) is 79.5 Å². The van der Waals surface area contributed by atoms with Crippen LogP contribution in [0, 0.1) is 12.8 Å². The zero-order valence-electron chi connectivity index (χ0n) is 22.8. The molecular weight excluding hydrogens is 520 g/mol. The lowest BCUT2D eigenvalue weighted by Crippen LogP contribution is -2.34. The zero-order valence-corrected chi connectivity index (χ0v) is 23.6. The molecule has 1 N–H and O–H groups in total. The van der Waals surface area contributed by atoms with Crippen molar-refractivity contribution in [2.75, 3.05) is 4.90 Å². The van der Waals surface area contributed by atoms with Gasteiger partial charge in [-0.25, -0.2) is 18.1 Å². The van der Waals surface area contributed by atoms with Crippen molar-refractivity contribution in [2.24, 2.45) is 13.0 Å². The lowest BCUT2D eigenvalue weighted by molar-refractivity contribution is -0.120. The molecule has 4 aromatic rings. The lowest BCUT2D eigenvalue weighted by atomic mass is 9.87. The lowest BCUT2D eigenvalue weighted by Gasteiger charge is -2.29. The van der Waals surface area contributed by atoms with Crippen molar-refractivity contribution < 1.29 is 13.2 Å². The molecule has 1 saturated carbocycles. The first-order valence-electron chi connectivity index (χ1n) is 13.8.